The molecule has 1 aromatic carbocycles. The molecule has 3 aromatic rings. The lowest BCUT2D eigenvalue weighted by atomic mass is 10.2. The molecular weight excluding hydrogens is 405 g/mol. The molecule has 0 N–H and O–H groups in total. The summed E-state index contributed by atoms with van der Waals surface area (Å²) in [7, 11) is 0. The summed E-state index contributed by atoms with van der Waals surface area (Å²) in [6, 6.07) is 10.7. The number of nitrogens with zero attached hydrogens (tertiary/aromatic N) is 4. The Hall–Kier alpha value is -2.58. The number of halogens is 4. The molecule has 0 saturated carbocycles. The maximum absolute atomic E-state index is 12.8. The Bertz CT molecular complexity index is 969. The van der Waals surface area contributed by atoms with Gasteiger partial charge in [-0.2, -0.15) is 13.2 Å². The molecule has 1 aliphatic rings. The van der Waals surface area contributed by atoms with Gasteiger partial charge >= 0.3 is 6.18 Å². The zero-order valence-electron chi connectivity index (χ0n) is 15.4. The van der Waals surface area contributed by atoms with Gasteiger partial charge in [0.1, 0.15) is 5.82 Å². The first-order chi connectivity index (χ1) is 13.9. The highest BCUT2D eigenvalue weighted by Crippen LogP contribution is 2.33. The van der Waals surface area contributed by atoms with Gasteiger partial charge in [0.05, 0.1) is 23.3 Å². The average Bonchev–Trinajstić information content (AvgIpc) is 3.17. The van der Waals surface area contributed by atoms with Crippen LogP contribution in [0.2, 0.25) is 5.02 Å². The maximum atomic E-state index is 12.8. The normalized spacial score (nSPS) is 15.7. The zero-order chi connectivity index (χ0) is 20.4. The Morgan fingerprint density at radius 2 is 1.72 bits per heavy atom. The number of piperazine rings is 1. The van der Waals surface area contributed by atoms with E-state index in [-0.39, 0.29) is 5.02 Å². The Kier molecular flexibility index (Phi) is 5.47. The van der Waals surface area contributed by atoms with Crippen molar-refractivity contribution in [3.05, 3.63) is 65.3 Å². The van der Waals surface area contributed by atoms with Crippen LogP contribution in [0.5, 0.6) is 0 Å². The molecule has 5 nitrogen and oxygen atoms in total. The lowest BCUT2D eigenvalue weighted by Gasteiger charge is -2.35. The minimum atomic E-state index is -4.46. The quantitative estimate of drug-likeness (QED) is 0.608. The van der Waals surface area contributed by atoms with Gasteiger partial charge in [-0.3, -0.25) is 4.90 Å². The third-order valence-electron chi connectivity index (χ3n) is 4.79. The number of aromatic nitrogens is 2. The van der Waals surface area contributed by atoms with Crippen LogP contribution >= 0.6 is 11.6 Å². The summed E-state index contributed by atoms with van der Waals surface area (Å²) in [6.45, 7) is 3.16. The van der Waals surface area contributed by atoms with E-state index in [0.29, 0.717) is 44.4 Å². The third-order valence-corrected chi connectivity index (χ3v) is 5.07. The molecule has 4 rings (SSSR count). The number of benzene rings is 1. The molecule has 0 spiro atoms. The van der Waals surface area contributed by atoms with Crippen LogP contribution in [0.4, 0.5) is 19.0 Å². The fourth-order valence-electron chi connectivity index (χ4n) is 3.25. The molecule has 1 aliphatic heterocycles. The Labute approximate surface area is 170 Å². The number of pyridine rings is 1. The average molecular weight is 423 g/mol. The van der Waals surface area contributed by atoms with E-state index in [1.807, 2.05) is 35.2 Å². The molecular formula is C20H18ClF3N4O. The van der Waals surface area contributed by atoms with Gasteiger partial charge in [-0.05, 0) is 6.07 Å². The fraction of sp³-hybridized carbons (Fsp3) is 0.300. The second-order valence-corrected chi connectivity index (χ2v) is 7.18. The van der Waals surface area contributed by atoms with Crippen molar-refractivity contribution in [3.63, 3.8) is 0 Å². The van der Waals surface area contributed by atoms with E-state index in [2.05, 4.69) is 14.9 Å². The summed E-state index contributed by atoms with van der Waals surface area (Å²) in [5.41, 5.74) is 0.127. The van der Waals surface area contributed by atoms with Crippen LogP contribution in [0.3, 0.4) is 0 Å². The predicted molar refractivity (Wildman–Crippen MR) is 104 cm³/mol. The zero-order valence-corrected chi connectivity index (χ0v) is 16.1. The van der Waals surface area contributed by atoms with E-state index in [1.165, 1.54) is 0 Å². The highest BCUT2D eigenvalue weighted by Gasteiger charge is 2.32. The van der Waals surface area contributed by atoms with Gasteiger partial charge in [0.25, 0.3) is 0 Å². The van der Waals surface area contributed by atoms with Crippen LogP contribution in [0.25, 0.3) is 11.3 Å². The maximum Gasteiger partial charge on any atom is 0.417 e. The molecule has 1 fully saturated rings. The number of hydrogen-bond donors (Lipinski definition) is 0. The predicted octanol–water partition coefficient (Wildman–Crippen LogP) is 4.73. The number of oxazole rings is 1. The highest BCUT2D eigenvalue weighted by molar-refractivity contribution is 6.33. The standard InChI is InChI=1S/C20H18ClF3N4O/c21-16-10-15(20(22,23)24)11-26-19(16)28-8-6-27(7-9-28)13-18-25-12-17(29-18)14-4-2-1-3-5-14/h1-5,10-12H,6-9,13H2. The monoisotopic (exact) mass is 422 g/mol. The van der Waals surface area contributed by atoms with Gasteiger partial charge in [-0.25, -0.2) is 9.97 Å². The van der Waals surface area contributed by atoms with Crippen LogP contribution in [0.15, 0.2) is 53.2 Å². The molecule has 29 heavy (non-hydrogen) atoms. The molecule has 1 saturated heterocycles. The van der Waals surface area contributed by atoms with E-state index in [9.17, 15) is 13.2 Å². The Morgan fingerprint density at radius 1 is 1.00 bits per heavy atom. The van der Waals surface area contributed by atoms with Gasteiger partial charge in [0.15, 0.2) is 5.76 Å². The van der Waals surface area contributed by atoms with Crippen molar-refractivity contribution in [1.82, 2.24) is 14.9 Å². The second-order valence-electron chi connectivity index (χ2n) is 6.77. The molecule has 0 radical (unpaired) electrons. The molecule has 152 valence electrons. The van der Waals surface area contributed by atoms with E-state index in [4.69, 9.17) is 16.0 Å². The van der Waals surface area contributed by atoms with Gasteiger partial charge in [-0.1, -0.05) is 41.9 Å². The first-order valence-electron chi connectivity index (χ1n) is 9.10. The largest absolute Gasteiger partial charge is 0.439 e. The molecule has 9 heteroatoms. The van der Waals surface area contributed by atoms with E-state index >= 15 is 0 Å². The van der Waals surface area contributed by atoms with Crippen molar-refractivity contribution in [2.75, 3.05) is 31.1 Å². The van der Waals surface area contributed by atoms with E-state index in [0.717, 1.165) is 23.6 Å². The fourth-order valence-corrected chi connectivity index (χ4v) is 3.53. The summed E-state index contributed by atoms with van der Waals surface area (Å²) in [5, 5.41) is 0.00785. The molecule has 2 aromatic heterocycles. The van der Waals surface area contributed by atoms with Crippen LogP contribution < -0.4 is 4.90 Å². The van der Waals surface area contributed by atoms with Crippen molar-refractivity contribution in [3.8, 4) is 11.3 Å². The van der Waals surface area contributed by atoms with Crippen molar-refractivity contribution < 1.29 is 17.6 Å². The molecule has 0 bridgehead atoms. The summed E-state index contributed by atoms with van der Waals surface area (Å²) >= 11 is 6.05. The third kappa shape index (κ3) is 4.54. The topological polar surface area (TPSA) is 45.4 Å². The summed E-state index contributed by atoms with van der Waals surface area (Å²) in [6.07, 6.45) is -1.92. The highest BCUT2D eigenvalue weighted by atomic mass is 35.5. The van der Waals surface area contributed by atoms with Crippen LogP contribution in [0, 0.1) is 0 Å². The number of anilines is 1. The van der Waals surface area contributed by atoms with Crippen LogP contribution in [0.1, 0.15) is 11.5 Å². The van der Waals surface area contributed by atoms with E-state index in [1.54, 1.807) is 6.20 Å². The summed E-state index contributed by atoms with van der Waals surface area (Å²) < 4.78 is 44.2. The SMILES string of the molecule is FC(F)(F)c1cnc(N2CCN(Cc3ncc(-c4ccccc4)o3)CC2)c(Cl)c1. The number of alkyl halides is 3. The van der Waals surface area contributed by atoms with Gasteiger partial charge < -0.3 is 9.32 Å². The molecule has 3 heterocycles. The Balaban J connectivity index is 1.36. The second kappa shape index (κ2) is 8.04. The molecule has 0 aliphatic carbocycles. The molecule has 0 atom stereocenters. The number of rotatable bonds is 4. The first kappa shape index (κ1) is 19.7. The van der Waals surface area contributed by atoms with Crippen LogP contribution in [-0.2, 0) is 12.7 Å². The summed E-state index contributed by atoms with van der Waals surface area (Å²) in [5.74, 6) is 1.73. The van der Waals surface area contributed by atoms with Crippen molar-refractivity contribution in [1.29, 1.82) is 0 Å². The molecule has 0 amide bonds. The van der Waals surface area contributed by atoms with Gasteiger partial charge in [0.2, 0.25) is 5.89 Å². The minimum Gasteiger partial charge on any atom is -0.439 e. The van der Waals surface area contributed by atoms with Crippen molar-refractivity contribution >= 4 is 17.4 Å². The molecule has 0 unspecified atom stereocenters. The van der Waals surface area contributed by atoms with Gasteiger partial charge in [0, 0.05) is 37.9 Å². The smallest absolute Gasteiger partial charge is 0.417 e. The Morgan fingerprint density at radius 3 is 2.38 bits per heavy atom. The number of hydrogen-bond acceptors (Lipinski definition) is 5. The minimum absolute atomic E-state index is 0.00785. The van der Waals surface area contributed by atoms with Crippen LogP contribution in [-0.4, -0.2) is 41.0 Å². The lowest BCUT2D eigenvalue weighted by Crippen LogP contribution is -2.46. The van der Waals surface area contributed by atoms with Gasteiger partial charge in [-0.15, -0.1) is 0 Å². The van der Waals surface area contributed by atoms with E-state index < -0.39 is 11.7 Å². The van der Waals surface area contributed by atoms with Crippen molar-refractivity contribution in [2.24, 2.45) is 0 Å². The first-order valence-corrected chi connectivity index (χ1v) is 9.48. The van der Waals surface area contributed by atoms with Crippen molar-refractivity contribution in [2.45, 2.75) is 12.7 Å². The summed E-state index contributed by atoms with van der Waals surface area (Å²) in [4.78, 5) is 12.4. The lowest BCUT2D eigenvalue weighted by molar-refractivity contribution is -0.137.